The Balaban J connectivity index is 1.78. The number of nitrogens with zero attached hydrogens (tertiary/aromatic N) is 1. The predicted molar refractivity (Wildman–Crippen MR) is 117 cm³/mol. The Bertz CT molecular complexity index is 1140. The lowest BCUT2D eigenvalue weighted by Gasteiger charge is -2.14. The van der Waals surface area contributed by atoms with Gasteiger partial charge in [-0.3, -0.25) is 14.6 Å². The first kappa shape index (κ1) is 23.0. The first-order valence-electron chi connectivity index (χ1n) is 9.96. The molecule has 0 aliphatic rings. The monoisotopic (exact) mass is 439 g/mol. The van der Waals surface area contributed by atoms with E-state index in [4.69, 9.17) is 0 Å². The number of anilines is 1. The lowest BCUT2D eigenvalue weighted by molar-refractivity contribution is -0.124. The topological polar surface area (TPSA) is 91.3 Å². The molecule has 1 heterocycles. The Morgan fingerprint density at radius 1 is 1.00 bits per heavy atom. The largest absolute Gasteiger partial charge is 0.378 e. The van der Waals surface area contributed by atoms with Gasteiger partial charge in [-0.25, -0.2) is 8.78 Å². The van der Waals surface area contributed by atoms with E-state index in [1.54, 1.807) is 30.5 Å². The van der Waals surface area contributed by atoms with Crippen LogP contribution in [0.15, 0.2) is 54.9 Å². The molecule has 0 saturated carbocycles. The van der Waals surface area contributed by atoms with E-state index >= 15 is 0 Å². The zero-order valence-electron chi connectivity index (χ0n) is 17.8. The fraction of sp³-hybridized carbons (Fsp3) is 0.208. The van der Waals surface area contributed by atoms with Crippen molar-refractivity contribution in [2.45, 2.75) is 32.9 Å². The second-order valence-electron chi connectivity index (χ2n) is 7.71. The molecule has 0 spiro atoms. The number of aliphatic hydroxyl groups is 1. The van der Waals surface area contributed by atoms with Crippen molar-refractivity contribution in [1.29, 1.82) is 0 Å². The molecule has 0 bridgehead atoms. The fourth-order valence-electron chi connectivity index (χ4n) is 3.22. The summed E-state index contributed by atoms with van der Waals surface area (Å²) in [4.78, 5) is 28.7. The summed E-state index contributed by atoms with van der Waals surface area (Å²) >= 11 is 0. The summed E-state index contributed by atoms with van der Waals surface area (Å²) in [5.74, 6) is -2.82. The molecular formula is C24H23F2N3O3. The van der Waals surface area contributed by atoms with Crippen LogP contribution in [-0.4, -0.2) is 27.9 Å². The van der Waals surface area contributed by atoms with Crippen LogP contribution in [0.2, 0.25) is 0 Å². The van der Waals surface area contributed by atoms with Gasteiger partial charge >= 0.3 is 0 Å². The molecule has 32 heavy (non-hydrogen) atoms. The van der Waals surface area contributed by atoms with Gasteiger partial charge in [-0.15, -0.1) is 0 Å². The highest BCUT2D eigenvalue weighted by molar-refractivity contribution is 5.96. The Morgan fingerprint density at radius 2 is 1.69 bits per heavy atom. The van der Waals surface area contributed by atoms with E-state index in [2.05, 4.69) is 15.6 Å². The number of rotatable bonds is 6. The van der Waals surface area contributed by atoms with Gasteiger partial charge in [0.2, 0.25) is 0 Å². The lowest BCUT2D eigenvalue weighted by Crippen LogP contribution is -2.30. The van der Waals surface area contributed by atoms with Crippen LogP contribution in [0.5, 0.6) is 0 Å². The van der Waals surface area contributed by atoms with Gasteiger partial charge in [-0.2, -0.15) is 0 Å². The number of nitrogens with one attached hydrogen (secondary N) is 2. The number of pyridine rings is 1. The number of benzene rings is 2. The Hall–Kier alpha value is -3.65. The van der Waals surface area contributed by atoms with Crippen LogP contribution in [0, 0.1) is 18.6 Å². The fourth-order valence-corrected chi connectivity index (χ4v) is 3.22. The summed E-state index contributed by atoms with van der Waals surface area (Å²) in [5, 5.41) is 15.5. The van der Waals surface area contributed by atoms with Crippen LogP contribution in [0.1, 0.15) is 41.4 Å². The van der Waals surface area contributed by atoms with Gasteiger partial charge in [0.15, 0.2) is 6.10 Å². The van der Waals surface area contributed by atoms with Crippen molar-refractivity contribution >= 4 is 17.5 Å². The predicted octanol–water partition coefficient (Wildman–Crippen LogP) is 4.15. The van der Waals surface area contributed by atoms with Crippen molar-refractivity contribution in [1.82, 2.24) is 10.3 Å². The number of hydrogen-bond donors (Lipinski definition) is 3. The van der Waals surface area contributed by atoms with Gasteiger partial charge < -0.3 is 15.7 Å². The number of carbonyl (C=O) groups excluding carboxylic acids is 2. The molecule has 166 valence electrons. The van der Waals surface area contributed by atoms with E-state index in [0.717, 1.165) is 28.8 Å². The van der Waals surface area contributed by atoms with Crippen LogP contribution in [0.3, 0.4) is 0 Å². The highest BCUT2D eigenvalue weighted by Crippen LogP contribution is 2.27. The number of aryl methyl sites for hydroxylation is 1. The highest BCUT2D eigenvalue weighted by atomic mass is 19.1. The number of amides is 2. The second-order valence-corrected chi connectivity index (χ2v) is 7.71. The smallest absolute Gasteiger partial charge is 0.257 e. The number of hydrogen-bond acceptors (Lipinski definition) is 4. The highest BCUT2D eigenvalue weighted by Gasteiger charge is 2.19. The number of halogens is 2. The zero-order chi connectivity index (χ0) is 23.4. The molecule has 1 aromatic heterocycles. The third kappa shape index (κ3) is 5.53. The van der Waals surface area contributed by atoms with Crippen LogP contribution >= 0.6 is 0 Å². The van der Waals surface area contributed by atoms with E-state index in [1.807, 2.05) is 20.8 Å². The van der Waals surface area contributed by atoms with Gasteiger partial charge in [0.05, 0.1) is 5.56 Å². The summed E-state index contributed by atoms with van der Waals surface area (Å²) in [6.45, 7) is 5.56. The third-order valence-electron chi connectivity index (χ3n) is 4.67. The van der Waals surface area contributed by atoms with Crippen molar-refractivity contribution in [3.63, 3.8) is 0 Å². The van der Waals surface area contributed by atoms with E-state index in [9.17, 15) is 23.5 Å². The van der Waals surface area contributed by atoms with Crippen molar-refractivity contribution in [2.24, 2.45) is 0 Å². The Labute approximate surface area is 184 Å². The lowest BCUT2D eigenvalue weighted by atomic mass is 10.00. The summed E-state index contributed by atoms with van der Waals surface area (Å²) < 4.78 is 26.7. The van der Waals surface area contributed by atoms with E-state index in [-0.39, 0.29) is 17.5 Å². The normalized spacial score (nSPS) is 11.8. The van der Waals surface area contributed by atoms with E-state index in [0.29, 0.717) is 17.3 Å². The van der Waals surface area contributed by atoms with Gasteiger partial charge in [0, 0.05) is 35.8 Å². The molecule has 0 radical (unpaired) electrons. The summed E-state index contributed by atoms with van der Waals surface area (Å²) in [6.07, 6.45) is 1.39. The van der Waals surface area contributed by atoms with Gasteiger partial charge in [-0.1, -0.05) is 6.07 Å². The first-order chi connectivity index (χ1) is 15.1. The van der Waals surface area contributed by atoms with Crippen molar-refractivity contribution in [3.05, 3.63) is 83.2 Å². The average Bonchev–Trinajstić information content (AvgIpc) is 2.72. The zero-order valence-corrected chi connectivity index (χ0v) is 17.8. The molecule has 0 fully saturated rings. The molecule has 0 aliphatic heterocycles. The molecular weight excluding hydrogens is 416 g/mol. The molecule has 3 aromatic rings. The molecule has 6 nitrogen and oxygen atoms in total. The molecule has 2 amide bonds. The summed E-state index contributed by atoms with van der Waals surface area (Å²) in [6, 6.07) is 9.25. The third-order valence-corrected chi connectivity index (χ3v) is 4.67. The summed E-state index contributed by atoms with van der Waals surface area (Å²) in [7, 11) is 0. The van der Waals surface area contributed by atoms with Crippen LogP contribution in [0.25, 0.3) is 11.1 Å². The number of carbonyl (C=O) groups is 2. The van der Waals surface area contributed by atoms with Gasteiger partial charge in [0.25, 0.3) is 11.8 Å². The number of aromatic nitrogens is 1. The van der Waals surface area contributed by atoms with Crippen molar-refractivity contribution in [3.8, 4) is 11.1 Å². The van der Waals surface area contributed by atoms with Crippen molar-refractivity contribution in [2.75, 3.05) is 5.32 Å². The summed E-state index contributed by atoms with van der Waals surface area (Å²) in [5.41, 5.74) is 2.97. The maximum absolute atomic E-state index is 13.4. The Kier molecular flexibility index (Phi) is 6.95. The molecule has 0 saturated heterocycles. The first-order valence-corrected chi connectivity index (χ1v) is 9.96. The van der Waals surface area contributed by atoms with E-state index < -0.39 is 23.6 Å². The average molecular weight is 439 g/mol. The number of aliphatic hydroxyl groups excluding tert-OH is 1. The molecule has 0 aliphatic carbocycles. The molecule has 3 rings (SSSR count). The molecule has 2 aromatic carbocycles. The maximum Gasteiger partial charge on any atom is 0.257 e. The van der Waals surface area contributed by atoms with E-state index in [1.165, 1.54) is 6.20 Å². The maximum atomic E-state index is 13.4. The van der Waals surface area contributed by atoms with Gasteiger partial charge in [-0.05, 0) is 67.8 Å². The molecule has 8 heteroatoms. The van der Waals surface area contributed by atoms with Gasteiger partial charge in [0.1, 0.15) is 11.6 Å². The Morgan fingerprint density at radius 3 is 2.31 bits per heavy atom. The molecule has 0 unspecified atom stereocenters. The minimum Gasteiger partial charge on any atom is -0.378 e. The minimum absolute atomic E-state index is 0.00462. The quantitative estimate of drug-likeness (QED) is 0.538. The van der Waals surface area contributed by atoms with Crippen LogP contribution in [-0.2, 0) is 4.79 Å². The van der Waals surface area contributed by atoms with Crippen LogP contribution < -0.4 is 10.6 Å². The SMILES string of the molecule is Cc1cc(NC(=O)[C@H](O)c2cc(F)cc(F)c2)ccc1-c1cncc(C(=O)NC(C)C)c1. The molecule has 3 N–H and O–H groups in total. The second kappa shape index (κ2) is 9.65. The van der Waals surface area contributed by atoms with Crippen molar-refractivity contribution < 1.29 is 23.5 Å². The minimum atomic E-state index is -1.74. The standard InChI is InChI=1S/C24H23F2N3O3/c1-13(2)28-23(31)17-7-16(11-27-12-17)21-5-4-20(6-14(21)3)29-24(32)22(30)15-8-18(25)10-19(26)9-15/h4-13,22,30H,1-3H3,(H,28,31)(H,29,32)/t22-/m1/s1. The molecule has 1 atom stereocenters. The van der Waals surface area contributed by atoms with Crippen LogP contribution in [0.4, 0.5) is 14.5 Å².